The standard InChI is InChI=1S/C16H26N2O3.ClH/c1-11-7-14(20-5)15(21-6)8-13(11)10-18(4)16(19)12(2)9-17-3;/h7-8,12,17H,9-10H2,1-6H3;1H. The average Bonchev–Trinajstić information content (AvgIpc) is 2.48. The third-order valence-electron chi connectivity index (χ3n) is 3.56. The van der Waals surface area contributed by atoms with Crippen LogP contribution in [0.2, 0.25) is 0 Å². The van der Waals surface area contributed by atoms with Crippen molar-refractivity contribution in [2.24, 2.45) is 5.92 Å². The molecular formula is C16H27ClN2O3. The number of halogens is 1. The van der Waals surface area contributed by atoms with Crippen LogP contribution in [0.3, 0.4) is 0 Å². The number of benzene rings is 1. The van der Waals surface area contributed by atoms with Gasteiger partial charge in [-0.3, -0.25) is 4.79 Å². The van der Waals surface area contributed by atoms with Crippen molar-refractivity contribution in [3.05, 3.63) is 23.3 Å². The minimum absolute atomic E-state index is 0. The van der Waals surface area contributed by atoms with Crippen LogP contribution in [-0.2, 0) is 11.3 Å². The Morgan fingerprint density at radius 1 is 1.27 bits per heavy atom. The predicted octanol–water partition coefficient (Wildman–Crippen LogP) is 2.25. The van der Waals surface area contributed by atoms with E-state index in [1.165, 1.54) is 0 Å². The summed E-state index contributed by atoms with van der Waals surface area (Å²) >= 11 is 0. The number of aryl methyl sites for hydroxylation is 1. The number of amides is 1. The SMILES string of the molecule is CNCC(C)C(=O)N(C)Cc1cc(OC)c(OC)cc1C.Cl. The van der Waals surface area contributed by atoms with Gasteiger partial charge < -0.3 is 19.7 Å². The molecule has 22 heavy (non-hydrogen) atoms. The smallest absolute Gasteiger partial charge is 0.226 e. The summed E-state index contributed by atoms with van der Waals surface area (Å²) in [6, 6.07) is 3.87. The molecule has 0 aliphatic carbocycles. The summed E-state index contributed by atoms with van der Waals surface area (Å²) in [7, 11) is 6.90. The van der Waals surface area contributed by atoms with Gasteiger partial charge in [-0.25, -0.2) is 0 Å². The first-order valence-corrected chi connectivity index (χ1v) is 7.05. The fourth-order valence-electron chi connectivity index (χ4n) is 2.30. The summed E-state index contributed by atoms with van der Waals surface area (Å²) < 4.78 is 10.6. The van der Waals surface area contributed by atoms with E-state index in [-0.39, 0.29) is 24.2 Å². The van der Waals surface area contributed by atoms with Crippen LogP contribution >= 0.6 is 12.4 Å². The molecule has 0 heterocycles. The molecule has 1 amide bonds. The van der Waals surface area contributed by atoms with E-state index in [0.29, 0.717) is 24.6 Å². The van der Waals surface area contributed by atoms with Gasteiger partial charge in [0.2, 0.25) is 5.91 Å². The zero-order valence-corrected chi connectivity index (χ0v) is 15.0. The molecule has 0 radical (unpaired) electrons. The van der Waals surface area contributed by atoms with E-state index in [1.54, 1.807) is 19.1 Å². The molecule has 1 unspecified atom stereocenters. The maximum Gasteiger partial charge on any atom is 0.226 e. The Labute approximate surface area is 139 Å². The molecule has 0 spiro atoms. The third kappa shape index (κ3) is 5.07. The minimum atomic E-state index is -0.0412. The minimum Gasteiger partial charge on any atom is -0.493 e. The maximum absolute atomic E-state index is 12.3. The van der Waals surface area contributed by atoms with Crippen molar-refractivity contribution in [2.75, 3.05) is 34.9 Å². The van der Waals surface area contributed by atoms with Crippen LogP contribution in [-0.4, -0.2) is 45.7 Å². The second-order valence-electron chi connectivity index (χ2n) is 5.29. The lowest BCUT2D eigenvalue weighted by atomic mass is 10.1. The number of carbonyl (C=O) groups is 1. The van der Waals surface area contributed by atoms with Crippen LogP contribution in [0.1, 0.15) is 18.1 Å². The highest BCUT2D eigenvalue weighted by Gasteiger charge is 2.18. The van der Waals surface area contributed by atoms with Crippen LogP contribution in [0.15, 0.2) is 12.1 Å². The first-order chi connectivity index (χ1) is 9.94. The van der Waals surface area contributed by atoms with E-state index >= 15 is 0 Å². The van der Waals surface area contributed by atoms with Gasteiger partial charge in [-0.15, -0.1) is 12.4 Å². The third-order valence-corrected chi connectivity index (χ3v) is 3.56. The van der Waals surface area contributed by atoms with Gasteiger partial charge in [0, 0.05) is 26.1 Å². The lowest BCUT2D eigenvalue weighted by Crippen LogP contribution is -2.35. The second kappa shape index (κ2) is 9.54. The predicted molar refractivity (Wildman–Crippen MR) is 91.1 cm³/mol. The molecule has 1 N–H and O–H groups in total. The molecule has 0 bridgehead atoms. The summed E-state index contributed by atoms with van der Waals surface area (Å²) in [4.78, 5) is 14.0. The van der Waals surface area contributed by atoms with Gasteiger partial charge in [-0.05, 0) is 37.2 Å². The Bertz CT molecular complexity index is 495. The number of hydrogen-bond acceptors (Lipinski definition) is 4. The fraction of sp³-hybridized carbons (Fsp3) is 0.562. The first kappa shape index (κ1) is 20.5. The van der Waals surface area contributed by atoms with E-state index < -0.39 is 0 Å². The molecule has 1 atom stereocenters. The van der Waals surface area contributed by atoms with Crippen molar-refractivity contribution in [3.8, 4) is 11.5 Å². The van der Waals surface area contributed by atoms with Gasteiger partial charge in [0.25, 0.3) is 0 Å². The lowest BCUT2D eigenvalue weighted by molar-refractivity contribution is -0.134. The van der Waals surface area contributed by atoms with Crippen molar-refractivity contribution in [1.82, 2.24) is 10.2 Å². The fourth-order valence-corrected chi connectivity index (χ4v) is 2.30. The summed E-state index contributed by atoms with van der Waals surface area (Å²) in [6.45, 7) is 5.16. The van der Waals surface area contributed by atoms with Gasteiger partial charge in [-0.1, -0.05) is 6.92 Å². The number of ether oxygens (including phenoxy) is 2. The second-order valence-corrected chi connectivity index (χ2v) is 5.29. The van der Waals surface area contributed by atoms with E-state index in [4.69, 9.17) is 9.47 Å². The van der Waals surface area contributed by atoms with E-state index in [9.17, 15) is 4.79 Å². The topological polar surface area (TPSA) is 50.8 Å². The normalized spacial score (nSPS) is 11.4. The Kier molecular flexibility index (Phi) is 8.90. The number of carbonyl (C=O) groups excluding carboxylic acids is 1. The molecule has 6 heteroatoms. The summed E-state index contributed by atoms with van der Waals surface area (Å²) in [6.07, 6.45) is 0. The molecule has 1 aromatic carbocycles. The van der Waals surface area contributed by atoms with E-state index in [1.807, 2.05) is 40.1 Å². The van der Waals surface area contributed by atoms with E-state index in [2.05, 4.69) is 5.32 Å². The van der Waals surface area contributed by atoms with Crippen molar-refractivity contribution >= 4 is 18.3 Å². The van der Waals surface area contributed by atoms with Crippen LogP contribution in [0, 0.1) is 12.8 Å². The first-order valence-electron chi connectivity index (χ1n) is 7.05. The van der Waals surface area contributed by atoms with Crippen molar-refractivity contribution < 1.29 is 14.3 Å². The molecule has 0 saturated carbocycles. The van der Waals surface area contributed by atoms with Crippen molar-refractivity contribution in [1.29, 1.82) is 0 Å². The highest BCUT2D eigenvalue weighted by Crippen LogP contribution is 2.30. The quantitative estimate of drug-likeness (QED) is 0.833. The molecule has 1 aromatic rings. The molecule has 0 aliphatic heterocycles. The van der Waals surface area contributed by atoms with Crippen molar-refractivity contribution in [2.45, 2.75) is 20.4 Å². The molecule has 1 rings (SSSR count). The number of methoxy groups -OCH3 is 2. The molecule has 5 nitrogen and oxygen atoms in total. The summed E-state index contributed by atoms with van der Waals surface area (Å²) in [5.41, 5.74) is 2.13. The molecule has 0 aromatic heterocycles. The zero-order valence-electron chi connectivity index (χ0n) is 14.2. The van der Waals surface area contributed by atoms with E-state index in [0.717, 1.165) is 11.1 Å². The molecule has 126 valence electrons. The van der Waals surface area contributed by atoms with Gasteiger partial charge in [0.05, 0.1) is 14.2 Å². The Hall–Kier alpha value is -1.46. The van der Waals surface area contributed by atoms with Gasteiger partial charge >= 0.3 is 0 Å². The van der Waals surface area contributed by atoms with Crippen LogP contribution in [0.5, 0.6) is 11.5 Å². The van der Waals surface area contributed by atoms with Gasteiger partial charge in [0.15, 0.2) is 11.5 Å². The largest absolute Gasteiger partial charge is 0.493 e. The number of nitrogens with one attached hydrogen (secondary N) is 1. The number of nitrogens with zero attached hydrogens (tertiary/aromatic N) is 1. The molecule has 0 saturated heterocycles. The van der Waals surface area contributed by atoms with Crippen LogP contribution in [0.4, 0.5) is 0 Å². The highest BCUT2D eigenvalue weighted by molar-refractivity contribution is 5.85. The molecule has 0 aliphatic rings. The molecule has 0 fully saturated rings. The van der Waals surface area contributed by atoms with Crippen LogP contribution in [0.25, 0.3) is 0 Å². The number of rotatable bonds is 7. The zero-order chi connectivity index (χ0) is 16.0. The van der Waals surface area contributed by atoms with Gasteiger partial charge in [0.1, 0.15) is 0 Å². The summed E-state index contributed by atoms with van der Waals surface area (Å²) in [5, 5.41) is 3.03. The highest BCUT2D eigenvalue weighted by atomic mass is 35.5. The van der Waals surface area contributed by atoms with Crippen molar-refractivity contribution in [3.63, 3.8) is 0 Å². The monoisotopic (exact) mass is 330 g/mol. The molecular weight excluding hydrogens is 304 g/mol. The Morgan fingerprint density at radius 3 is 2.32 bits per heavy atom. The summed E-state index contributed by atoms with van der Waals surface area (Å²) in [5.74, 6) is 1.47. The Balaban J connectivity index is 0.00000441. The average molecular weight is 331 g/mol. The van der Waals surface area contributed by atoms with Crippen LogP contribution < -0.4 is 14.8 Å². The van der Waals surface area contributed by atoms with Gasteiger partial charge in [-0.2, -0.15) is 0 Å². The maximum atomic E-state index is 12.3. The Morgan fingerprint density at radius 2 is 1.82 bits per heavy atom. The number of hydrogen-bond donors (Lipinski definition) is 1. The lowest BCUT2D eigenvalue weighted by Gasteiger charge is -2.23.